The van der Waals surface area contributed by atoms with E-state index in [2.05, 4.69) is 64.9 Å². The third-order valence-electron chi connectivity index (χ3n) is 11.8. The van der Waals surface area contributed by atoms with Gasteiger partial charge in [-0.05, 0) is 110 Å². The summed E-state index contributed by atoms with van der Waals surface area (Å²) in [7, 11) is 2.10. The molecule has 5 aliphatic rings. The molecule has 0 bridgehead atoms. The fraction of sp³-hybridized carbons (Fsp3) is 0.771. The van der Waals surface area contributed by atoms with Crippen LogP contribution in [0.5, 0.6) is 0 Å². The molecule has 5 rings (SSSR count). The minimum atomic E-state index is 0. The van der Waals surface area contributed by atoms with Crippen LogP contribution in [0.4, 0.5) is 0 Å². The zero-order chi connectivity index (χ0) is 25.6. The molecule has 1 N–H and O–H groups in total. The van der Waals surface area contributed by atoms with Crippen LogP contribution >= 0.6 is 0 Å². The van der Waals surface area contributed by atoms with Crippen molar-refractivity contribution in [2.24, 2.45) is 51.8 Å². The zero-order valence-electron chi connectivity index (χ0n) is 24.2. The first-order chi connectivity index (χ1) is 16.7. The van der Waals surface area contributed by atoms with Crippen molar-refractivity contribution in [2.75, 3.05) is 13.6 Å². The van der Waals surface area contributed by atoms with Crippen molar-refractivity contribution in [1.82, 2.24) is 5.32 Å². The summed E-state index contributed by atoms with van der Waals surface area (Å²) in [5.41, 5.74) is 5.51. The smallest absolute Gasteiger partial charge is 0.0103 e. The second-order valence-electron chi connectivity index (χ2n) is 13.2. The minimum Gasteiger partial charge on any atom is -0.319 e. The third-order valence-corrected chi connectivity index (χ3v) is 11.8. The van der Waals surface area contributed by atoms with Crippen molar-refractivity contribution in [3.8, 4) is 0 Å². The van der Waals surface area contributed by atoms with E-state index < -0.39 is 0 Å². The summed E-state index contributed by atoms with van der Waals surface area (Å²) in [6.45, 7) is 24.5. The summed E-state index contributed by atoms with van der Waals surface area (Å²) in [5.74, 6) is 5.07. The molecule has 4 saturated carbocycles. The highest BCUT2D eigenvalue weighted by Crippen LogP contribution is 2.78. The van der Waals surface area contributed by atoms with Crippen LogP contribution in [0, 0.1) is 51.8 Å². The van der Waals surface area contributed by atoms with E-state index in [0.29, 0.717) is 10.8 Å². The number of allylic oxidation sites excluding steroid dienone is 5. The first-order valence-corrected chi connectivity index (χ1v) is 15.1. The van der Waals surface area contributed by atoms with Crippen molar-refractivity contribution in [3.63, 3.8) is 0 Å². The number of hydrogen-bond donors (Lipinski definition) is 1. The van der Waals surface area contributed by atoms with Crippen LogP contribution in [0.3, 0.4) is 0 Å². The van der Waals surface area contributed by atoms with E-state index in [1.807, 2.05) is 13.8 Å². The first-order valence-electron chi connectivity index (χ1n) is 15.1. The van der Waals surface area contributed by atoms with Gasteiger partial charge in [-0.1, -0.05) is 104 Å². The van der Waals surface area contributed by atoms with E-state index >= 15 is 0 Å². The molecule has 9 atom stereocenters. The van der Waals surface area contributed by atoms with Gasteiger partial charge < -0.3 is 5.32 Å². The molecular weight excluding hydrogens is 434 g/mol. The van der Waals surface area contributed by atoms with E-state index in [9.17, 15) is 0 Å². The molecule has 1 heteroatoms. The molecule has 0 saturated heterocycles. The Morgan fingerprint density at radius 1 is 1.19 bits per heavy atom. The fourth-order valence-corrected chi connectivity index (χ4v) is 10.8. The number of nitrogens with one attached hydrogen (secondary N) is 1. The molecule has 9 unspecified atom stereocenters. The first kappa shape index (κ1) is 29.5. The molecule has 0 amide bonds. The highest BCUT2D eigenvalue weighted by Gasteiger charge is 2.70. The normalized spacial score (nSPS) is 44.2. The average molecular weight is 496 g/mol. The van der Waals surface area contributed by atoms with Crippen molar-refractivity contribution in [2.45, 2.75) is 107 Å². The van der Waals surface area contributed by atoms with Gasteiger partial charge in [0.15, 0.2) is 0 Å². The molecule has 1 nitrogen and oxygen atoms in total. The molecule has 0 aliphatic heterocycles. The van der Waals surface area contributed by atoms with E-state index in [-0.39, 0.29) is 14.3 Å². The van der Waals surface area contributed by atoms with Crippen LogP contribution in [0.15, 0.2) is 48.1 Å². The predicted octanol–water partition coefficient (Wildman–Crippen LogP) is 10.0. The second-order valence-corrected chi connectivity index (χ2v) is 13.2. The van der Waals surface area contributed by atoms with Gasteiger partial charge in [0.2, 0.25) is 0 Å². The maximum Gasteiger partial charge on any atom is 0.0103 e. The highest BCUT2D eigenvalue weighted by molar-refractivity contribution is 5.44. The molecule has 0 spiro atoms. The van der Waals surface area contributed by atoms with E-state index in [1.165, 1.54) is 56.9 Å². The largest absolute Gasteiger partial charge is 0.319 e. The molecule has 0 aromatic carbocycles. The molecule has 0 radical (unpaired) electrons. The zero-order valence-corrected chi connectivity index (χ0v) is 24.2. The van der Waals surface area contributed by atoms with E-state index in [0.717, 1.165) is 48.5 Å². The summed E-state index contributed by atoms with van der Waals surface area (Å²) in [6.07, 6.45) is 19.6. The Morgan fingerprint density at radius 2 is 1.92 bits per heavy atom. The lowest BCUT2D eigenvalue weighted by Gasteiger charge is -2.62. The molecule has 4 fully saturated rings. The summed E-state index contributed by atoms with van der Waals surface area (Å²) < 4.78 is 0. The monoisotopic (exact) mass is 495 g/mol. The Kier molecular flexibility index (Phi) is 8.97. The van der Waals surface area contributed by atoms with Crippen molar-refractivity contribution in [1.29, 1.82) is 0 Å². The molecule has 206 valence electrons. The van der Waals surface area contributed by atoms with Crippen LogP contribution in [0.25, 0.3) is 0 Å². The van der Waals surface area contributed by atoms with Crippen LogP contribution in [0.1, 0.15) is 108 Å². The van der Waals surface area contributed by atoms with Gasteiger partial charge in [-0.3, -0.25) is 0 Å². The summed E-state index contributed by atoms with van der Waals surface area (Å²) >= 11 is 0. The van der Waals surface area contributed by atoms with Gasteiger partial charge in [0.05, 0.1) is 0 Å². The lowest BCUT2D eigenvalue weighted by atomic mass is 9.42. The summed E-state index contributed by atoms with van der Waals surface area (Å²) in [4.78, 5) is 0. The molecular formula is C35H61N. The lowest BCUT2D eigenvalue weighted by Crippen LogP contribution is -2.55. The Morgan fingerprint density at radius 3 is 2.58 bits per heavy atom. The fourth-order valence-electron chi connectivity index (χ4n) is 10.8. The van der Waals surface area contributed by atoms with Gasteiger partial charge >= 0.3 is 0 Å². The Labute approximate surface area is 226 Å². The number of fused-ring (bicyclic) bond motifs is 7. The third kappa shape index (κ3) is 4.15. The van der Waals surface area contributed by atoms with Gasteiger partial charge in [-0.25, -0.2) is 0 Å². The molecule has 0 heterocycles. The SMILES string of the molecule is C.C=C1C=CC2(C)C(=C1)CCC1C2C(C)CC2(C)C1CC1CC(CCC)CC12C(=C)CCNC.CC.[HH]. The topological polar surface area (TPSA) is 12.0 Å². The van der Waals surface area contributed by atoms with Gasteiger partial charge in [-0.2, -0.15) is 0 Å². The lowest BCUT2D eigenvalue weighted by molar-refractivity contribution is -0.0914. The Balaban J connectivity index is 0.00000118. The highest BCUT2D eigenvalue weighted by atomic mass is 14.8. The van der Waals surface area contributed by atoms with Crippen LogP contribution in [0.2, 0.25) is 0 Å². The summed E-state index contributed by atoms with van der Waals surface area (Å²) in [5, 5.41) is 3.43. The summed E-state index contributed by atoms with van der Waals surface area (Å²) in [6, 6.07) is 0. The van der Waals surface area contributed by atoms with Gasteiger partial charge in [0.1, 0.15) is 0 Å². The quantitative estimate of drug-likeness (QED) is 0.361. The predicted molar refractivity (Wildman–Crippen MR) is 162 cm³/mol. The van der Waals surface area contributed by atoms with Crippen LogP contribution in [-0.2, 0) is 0 Å². The molecule has 0 aromatic rings. The Bertz CT molecular complexity index is 884. The molecule has 0 aromatic heterocycles. The minimum absolute atomic E-state index is 0. The van der Waals surface area contributed by atoms with E-state index in [1.54, 1.807) is 11.1 Å². The van der Waals surface area contributed by atoms with Crippen molar-refractivity contribution < 1.29 is 1.43 Å². The maximum absolute atomic E-state index is 4.89. The Hall–Kier alpha value is -1.08. The van der Waals surface area contributed by atoms with Crippen LogP contribution in [-0.4, -0.2) is 13.6 Å². The van der Waals surface area contributed by atoms with Crippen molar-refractivity contribution >= 4 is 0 Å². The van der Waals surface area contributed by atoms with Gasteiger partial charge in [0, 0.05) is 6.84 Å². The maximum atomic E-state index is 4.89. The second kappa shape index (κ2) is 11.0. The van der Waals surface area contributed by atoms with Gasteiger partial charge in [-0.15, -0.1) is 0 Å². The molecule has 5 aliphatic carbocycles. The van der Waals surface area contributed by atoms with E-state index in [4.69, 9.17) is 6.58 Å². The van der Waals surface area contributed by atoms with Gasteiger partial charge in [0.25, 0.3) is 0 Å². The standard InChI is InChI=1S/C32H49N.C2H6.CH4.H2/c1-8-9-24-17-26-18-28-27-11-10-25-16-21(2)12-14-30(25,5)29(27)22(3)19-31(28,6)32(26,20-24)23(4)13-15-33-7;1-2;;/h12,14,16,22,24,26-29,33H,2,4,8-11,13,15,17-20H2,1,3,5-7H3;1-2H3;1H4;1H. The van der Waals surface area contributed by atoms with Crippen LogP contribution < -0.4 is 5.32 Å². The average Bonchev–Trinajstić information content (AvgIpc) is 3.31. The number of hydrogen-bond acceptors (Lipinski definition) is 1. The molecule has 36 heavy (non-hydrogen) atoms. The van der Waals surface area contributed by atoms with Crippen molar-refractivity contribution in [3.05, 3.63) is 48.1 Å². The number of rotatable bonds is 6.